The molecule has 0 atom stereocenters. The maximum absolute atomic E-state index is 13.1. The average Bonchev–Trinajstić information content (AvgIpc) is 3.17. The molecule has 5 nitrogen and oxygen atoms in total. The summed E-state index contributed by atoms with van der Waals surface area (Å²) < 4.78 is 0. The summed E-state index contributed by atoms with van der Waals surface area (Å²) in [6, 6.07) is 15.0. The number of nitrogens with zero attached hydrogens (tertiary/aromatic N) is 2. The van der Waals surface area contributed by atoms with Crippen LogP contribution in [0.25, 0.3) is 0 Å². The van der Waals surface area contributed by atoms with Crippen LogP contribution in [0.4, 0.5) is 10.5 Å². The number of carbonyl (C=O) groups is 2. The zero-order valence-corrected chi connectivity index (χ0v) is 18.6. The second kappa shape index (κ2) is 8.90. The number of carbonyl (C=O) groups excluding carboxylic acids is 2. The summed E-state index contributed by atoms with van der Waals surface area (Å²) in [5.74, 6) is 0.943. The Morgan fingerprint density at radius 1 is 1.10 bits per heavy atom. The number of nitrogens with one attached hydrogen (secondary N) is 1. The Balaban J connectivity index is 1.39. The molecule has 30 heavy (non-hydrogen) atoms. The standard InChI is InChI=1S/C23H26ClN3O2S/c1-2-17-6-8-20(9-7-17)25-22(29)26-12-10-23(11-13-26)27(14-15-30-23)21(28)18-4-3-5-19(24)16-18/h3-9,16H,2,10-15H2,1H3,(H,25,29). The molecule has 0 aromatic heterocycles. The Hall–Kier alpha value is -2.18. The van der Waals surface area contributed by atoms with E-state index < -0.39 is 0 Å². The number of hydrogen-bond acceptors (Lipinski definition) is 3. The number of likely N-dealkylation sites (tertiary alicyclic amines) is 1. The van der Waals surface area contributed by atoms with E-state index in [1.807, 2.05) is 58.0 Å². The SMILES string of the molecule is CCc1ccc(NC(=O)N2CCC3(CC2)SCCN3C(=O)c2cccc(Cl)c2)cc1. The molecule has 158 valence electrons. The predicted octanol–water partition coefficient (Wildman–Crippen LogP) is 5.12. The number of anilines is 1. The highest BCUT2D eigenvalue weighted by atomic mass is 35.5. The first-order chi connectivity index (χ1) is 14.5. The van der Waals surface area contributed by atoms with Gasteiger partial charge in [-0.1, -0.05) is 36.7 Å². The van der Waals surface area contributed by atoms with E-state index in [0.717, 1.165) is 37.2 Å². The van der Waals surface area contributed by atoms with Crippen molar-refractivity contribution in [2.75, 3.05) is 30.7 Å². The quantitative estimate of drug-likeness (QED) is 0.716. The molecule has 2 aromatic rings. The van der Waals surface area contributed by atoms with E-state index in [1.54, 1.807) is 12.1 Å². The number of amides is 3. The molecule has 2 fully saturated rings. The molecule has 0 unspecified atom stereocenters. The zero-order valence-electron chi connectivity index (χ0n) is 17.1. The first kappa shape index (κ1) is 21.1. The molecule has 0 radical (unpaired) electrons. The van der Waals surface area contributed by atoms with Gasteiger partial charge in [0.25, 0.3) is 5.91 Å². The van der Waals surface area contributed by atoms with Gasteiger partial charge in [0, 0.05) is 41.7 Å². The summed E-state index contributed by atoms with van der Waals surface area (Å²) in [6.07, 6.45) is 2.52. The van der Waals surface area contributed by atoms with Gasteiger partial charge >= 0.3 is 6.03 Å². The van der Waals surface area contributed by atoms with Crippen molar-refractivity contribution in [1.29, 1.82) is 0 Å². The number of thioether (sulfide) groups is 1. The minimum atomic E-state index is -0.237. The van der Waals surface area contributed by atoms with Crippen LogP contribution in [0.15, 0.2) is 48.5 Å². The molecule has 2 heterocycles. The molecule has 3 amide bonds. The van der Waals surface area contributed by atoms with E-state index in [0.29, 0.717) is 23.7 Å². The first-order valence-corrected chi connectivity index (χ1v) is 11.7. The third-order valence-electron chi connectivity index (χ3n) is 5.94. The van der Waals surface area contributed by atoms with Crippen molar-refractivity contribution in [2.45, 2.75) is 31.1 Å². The summed E-state index contributed by atoms with van der Waals surface area (Å²) >= 11 is 7.92. The second-order valence-corrected chi connectivity index (χ2v) is 9.62. The van der Waals surface area contributed by atoms with Crippen molar-refractivity contribution in [3.63, 3.8) is 0 Å². The lowest BCUT2D eigenvalue weighted by atomic mass is 10.0. The van der Waals surface area contributed by atoms with Crippen molar-refractivity contribution in [1.82, 2.24) is 9.80 Å². The number of piperidine rings is 1. The van der Waals surface area contributed by atoms with E-state index in [2.05, 4.69) is 12.2 Å². The summed E-state index contributed by atoms with van der Waals surface area (Å²) in [5, 5.41) is 3.56. The lowest BCUT2D eigenvalue weighted by Gasteiger charge is -2.44. The van der Waals surface area contributed by atoms with E-state index in [1.165, 1.54) is 5.56 Å². The zero-order chi connectivity index (χ0) is 21.1. The molecular formula is C23H26ClN3O2S. The molecule has 1 N–H and O–H groups in total. The van der Waals surface area contributed by atoms with Crippen LogP contribution in [0.3, 0.4) is 0 Å². The first-order valence-electron chi connectivity index (χ1n) is 10.4. The van der Waals surface area contributed by atoms with Crippen molar-refractivity contribution in [2.24, 2.45) is 0 Å². The minimum Gasteiger partial charge on any atom is -0.324 e. The van der Waals surface area contributed by atoms with Gasteiger partial charge in [-0.05, 0) is 55.2 Å². The van der Waals surface area contributed by atoms with Gasteiger partial charge in [-0.25, -0.2) is 4.79 Å². The lowest BCUT2D eigenvalue weighted by molar-refractivity contribution is 0.0585. The lowest BCUT2D eigenvalue weighted by Crippen LogP contribution is -2.54. The molecule has 0 aliphatic carbocycles. The molecule has 2 aromatic carbocycles. The fraction of sp³-hybridized carbons (Fsp3) is 0.391. The van der Waals surface area contributed by atoms with Gasteiger partial charge in [0.2, 0.25) is 0 Å². The van der Waals surface area contributed by atoms with Gasteiger partial charge in [-0.15, -0.1) is 11.8 Å². The maximum atomic E-state index is 13.1. The second-order valence-electron chi connectivity index (χ2n) is 7.73. The highest BCUT2D eigenvalue weighted by Crippen LogP contribution is 2.44. The summed E-state index contributed by atoms with van der Waals surface area (Å²) in [6.45, 7) is 4.10. The maximum Gasteiger partial charge on any atom is 0.321 e. The van der Waals surface area contributed by atoms with Crippen LogP contribution in [-0.2, 0) is 6.42 Å². The number of hydrogen-bond donors (Lipinski definition) is 1. The average molecular weight is 444 g/mol. The topological polar surface area (TPSA) is 52.7 Å². The highest BCUT2D eigenvalue weighted by molar-refractivity contribution is 8.00. The Kier molecular flexibility index (Phi) is 6.25. The minimum absolute atomic E-state index is 0.0245. The van der Waals surface area contributed by atoms with Crippen LogP contribution >= 0.6 is 23.4 Å². The van der Waals surface area contributed by atoms with Gasteiger partial charge < -0.3 is 15.1 Å². The largest absolute Gasteiger partial charge is 0.324 e. The molecule has 2 aliphatic heterocycles. The number of urea groups is 1. The Morgan fingerprint density at radius 3 is 2.50 bits per heavy atom. The van der Waals surface area contributed by atoms with Gasteiger partial charge in [0.05, 0.1) is 4.87 Å². The number of benzene rings is 2. The molecular weight excluding hydrogens is 418 g/mol. The molecule has 1 spiro atoms. The van der Waals surface area contributed by atoms with Crippen molar-refractivity contribution in [3.05, 3.63) is 64.7 Å². The Labute approximate surface area is 186 Å². The molecule has 7 heteroatoms. The fourth-order valence-corrected chi connectivity index (χ4v) is 5.82. The van der Waals surface area contributed by atoms with Crippen LogP contribution < -0.4 is 5.32 Å². The number of halogens is 1. The van der Waals surface area contributed by atoms with Crippen molar-refractivity contribution >= 4 is 41.0 Å². The Bertz CT molecular complexity index is 926. The predicted molar refractivity (Wildman–Crippen MR) is 123 cm³/mol. The smallest absolute Gasteiger partial charge is 0.321 e. The molecule has 2 saturated heterocycles. The Morgan fingerprint density at radius 2 is 1.83 bits per heavy atom. The number of rotatable bonds is 3. The van der Waals surface area contributed by atoms with Crippen molar-refractivity contribution < 1.29 is 9.59 Å². The molecule has 2 aliphatic rings. The molecule has 0 saturated carbocycles. The number of aryl methyl sites for hydroxylation is 1. The van der Waals surface area contributed by atoms with Crippen LogP contribution in [0.1, 0.15) is 35.7 Å². The third-order valence-corrected chi connectivity index (χ3v) is 7.73. The summed E-state index contributed by atoms with van der Waals surface area (Å²) in [5.41, 5.74) is 2.68. The van der Waals surface area contributed by atoms with E-state index in [4.69, 9.17) is 11.6 Å². The van der Waals surface area contributed by atoms with Gasteiger partial charge in [0.1, 0.15) is 0 Å². The van der Waals surface area contributed by atoms with Crippen LogP contribution in [0, 0.1) is 0 Å². The fourth-order valence-electron chi connectivity index (χ4n) is 4.17. The van der Waals surface area contributed by atoms with E-state index >= 15 is 0 Å². The normalized spacial score (nSPS) is 17.9. The summed E-state index contributed by atoms with van der Waals surface area (Å²) in [4.78, 5) is 29.5. The van der Waals surface area contributed by atoms with Gasteiger partial charge in [-0.3, -0.25) is 4.79 Å². The van der Waals surface area contributed by atoms with Gasteiger partial charge in [0.15, 0.2) is 0 Å². The van der Waals surface area contributed by atoms with Crippen molar-refractivity contribution in [3.8, 4) is 0 Å². The highest BCUT2D eigenvalue weighted by Gasteiger charge is 2.47. The summed E-state index contributed by atoms with van der Waals surface area (Å²) in [7, 11) is 0. The van der Waals surface area contributed by atoms with Crippen LogP contribution in [-0.4, -0.2) is 52.0 Å². The monoisotopic (exact) mass is 443 g/mol. The van der Waals surface area contributed by atoms with Crippen LogP contribution in [0.2, 0.25) is 5.02 Å². The van der Waals surface area contributed by atoms with E-state index in [-0.39, 0.29) is 16.8 Å². The molecule has 0 bridgehead atoms. The van der Waals surface area contributed by atoms with Gasteiger partial charge in [-0.2, -0.15) is 0 Å². The third kappa shape index (κ3) is 4.30. The molecule has 4 rings (SSSR count). The van der Waals surface area contributed by atoms with E-state index in [9.17, 15) is 9.59 Å². The van der Waals surface area contributed by atoms with Crippen LogP contribution in [0.5, 0.6) is 0 Å².